The SMILES string of the molecule is O=[N+]([O-])[O-].[Cu+].[O]=[Tb]. The maximum absolute atomic E-state index is 8.25. The second-order valence-corrected chi connectivity index (χ2v) is 0.224. The van der Waals surface area contributed by atoms with Gasteiger partial charge in [0.05, 0.1) is 5.09 Å². The summed E-state index contributed by atoms with van der Waals surface area (Å²) < 4.78 is 8.25. The fourth-order valence-electron chi connectivity index (χ4n) is 0. The van der Waals surface area contributed by atoms with E-state index in [4.69, 9.17) is 16.6 Å². The van der Waals surface area contributed by atoms with Gasteiger partial charge in [0.15, 0.2) is 0 Å². The summed E-state index contributed by atoms with van der Waals surface area (Å²) in [4.78, 5) is 8.25. The molecule has 0 aliphatic rings. The molecule has 0 unspecified atom stereocenters. The normalized spacial score (nSPS) is 4.14. The Kier molecular flexibility index (Phi) is 35.4. The van der Waals surface area contributed by atoms with Crippen molar-refractivity contribution in [1.82, 2.24) is 0 Å². The topological polar surface area (TPSA) is 83.3 Å². The predicted molar refractivity (Wildman–Crippen MR) is 11.0 cm³/mol. The molecule has 49 valence electrons. The van der Waals surface area contributed by atoms with Crippen molar-refractivity contribution in [3.05, 3.63) is 15.3 Å². The molecule has 7 heavy (non-hydrogen) atoms. The van der Waals surface area contributed by atoms with Gasteiger partial charge < -0.3 is 15.3 Å². The van der Waals surface area contributed by atoms with E-state index in [0.29, 0.717) is 0 Å². The second-order valence-electron chi connectivity index (χ2n) is 0.224. The molecule has 0 aliphatic heterocycles. The van der Waals surface area contributed by atoms with Crippen molar-refractivity contribution in [3.63, 3.8) is 0 Å². The summed E-state index contributed by atoms with van der Waals surface area (Å²) in [6, 6.07) is 0. The molecule has 0 spiro atoms. The number of nitrogens with zero attached hydrogens (tertiary/aromatic N) is 1. The van der Waals surface area contributed by atoms with Gasteiger partial charge in [-0.2, -0.15) is 0 Å². The van der Waals surface area contributed by atoms with Crippen LogP contribution >= 0.6 is 0 Å². The Labute approximate surface area is 74.8 Å². The molecule has 0 atom stereocenters. The molecule has 0 aromatic heterocycles. The Balaban J connectivity index is -0.0000000480. The zero-order valence-corrected chi connectivity index (χ0v) is 5.80. The third kappa shape index (κ3) is 242. The fourth-order valence-corrected chi connectivity index (χ4v) is 0. The second kappa shape index (κ2) is 15.8. The third-order valence-corrected chi connectivity index (χ3v) is 0. The van der Waals surface area contributed by atoms with Crippen LogP contribution in [0, 0.1) is 52.1 Å². The van der Waals surface area contributed by atoms with Crippen LogP contribution in [-0.4, -0.2) is 5.09 Å². The Morgan fingerprint density at radius 3 is 1.29 bits per heavy atom. The maximum atomic E-state index is 8.25. The van der Waals surface area contributed by atoms with Crippen LogP contribution in [-0.2, 0) is 18.4 Å². The van der Waals surface area contributed by atoms with Gasteiger partial charge in [-0.15, -0.1) is 0 Å². The van der Waals surface area contributed by atoms with Crippen LogP contribution in [0.1, 0.15) is 0 Å². The van der Waals surface area contributed by atoms with E-state index in [2.05, 4.69) is 0 Å². The summed E-state index contributed by atoms with van der Waals surface area (Å²) in [5.74, 6) is 0. The summed E-state index contributed by atoms with van der Waals surface area (Å²) in [6.45, 7) is 0. The average molecular weight is 300 g/mol. The summed E-state index contributed by atoms with van der Waals surface area (Å²) >= 11 is 0.750. The first-order valence-corrected chi connectivity index (χ1v) is 1.56. The first-order chi connectivity index (χ1) is 2.73. The predicted octanol–water partition coefficient (Wildman–Crippen LogP) is -0.360. The van der Waals surface area contributed by atoms with Crippen molar-refractivity contribution in [2.45, 2.75) is 0 Å². The van der Waals surface area contributed by atoms with Gasteiger partial charge in [0.1, 0.15) is 0 Å². The first-order valence-electron chi connectivity index (χ1n) is 0.684. The molecule has 0 bridgehead atoms. The fraction of sp³-hybridized carbons (Fsp3) is 0. The van der Waals surface area contributed by atoms with Crippen LogP contribution in [0.25, 0.3) is 0 Å². The summed E-state index contributed by atoms with van der Waals surface area (Å²) in [5.41, 5.74) is 0. The molecule has 0 amide bonds. The number of rotatable bonds is 0. The molecule has 7 heteroatoms. The van der Waals surface area contributed by atoms with Crippen LogP contribution in [0.5, 0.6) is 0 Å². The van der Waals surface area contributed by atoms with Crippen LogP contribution in [0.4, 0.5) is 0 Å². The zero-order valence-electron chi connectivity index (χ0n) is 2.72. The molecule has 0 rings (SSSR count). The third-order valence-electron chi connectivity index (χ3n) is 0. The minimum atomic E-state index is -1.75. The summed E-state index contributed by atoms with van der Waals surface area (Å²) in [5, 5.41) is 14.8. The molecule has 0 saturated carbocycles. The van der Waals surface area contributed by atoms with Crippen molar-refractivity contribution in [2.75, 3.05) is 0 Å². The van der Waals surface area contributed by atoms with Gasteiger partial charge in [-0.05, 0) is 0 Å². The molecule has 0 aromatic rings. The Bertz CT molecular complexity index is 43.0. The van der Waals surface area contributed by atoms with Gasteiger partial charge in [-0.1, -0.05) is 0 Å². The Morgan fingerprint density at radius 2 is 1.29 bits per heavy atom. The van der Waals surface area contributed by atoms with Gasteiger partial charge in [0.25, 0.3) is 0 Å². The summed E-state index contributed by atoms with van der Waals surface area (Å²) in [7, 11) is 0. The number of hydrogen-bond acceptors (Lipinski definition) is 4. The van der Waals surface area contributed by atoms with Gasteiger partial charge in [0.2, 0.25) is 0 Å². The van der Waals surface area contributed by atoms with Gasteiger partial charge in [0, 0.05) is 0 Å². The van der Waals surface area contributed by atoms with Gasteiger partial charge in [-0.25, -0.2) is 0 Å². The van der Waals surface area contributed by atoms with Crippen molar-refractivity contribution in [3.8, 4) is 0 Å². The van der Waals surface area contributed by atoms with E-state index >= 15 is 0 Å². The minimum absolute atomic E-state index is 0. The van der Waals surface area contributed by atoms with Crippen LogP contribution in [0.2, 0.25) is 0 Å². The van der Waals surface area contributed by atoms with E-state index < -0.39 is 5.09 Å². The van der Waals surface area contributed by atoms with Crippen LogP contribution in [0.3, 0.4) is 0 Å². The Hall–Kier alpha value is 0.805. The molecule has 0 aliphatic carbocycles. The standard InChI is InChI=1S/Cu.NO3.O.Tb/c;2-1(3)4;;/q+1;-1;;. The van der Waals surface area contributed by atoms with E-state index in [1.807, 2.05) is 0 Å². The molecule has 0 fully saturated rings. The quantitative estimate of drug-likeness (QED) is 0.347. The van der Waals surface area contributed by atoms with Crippen molar-refractivity contribution in [1.29, 1.82) is 0 Å². The van der Waals surface area contributed by atoms with E-state index in [1.54, 1.807) is 0 Å². The molecule has 5 nitrogen and oxygen atoms in total. The zero-order chi connectivity index (χ0) is 5.58. The molecule has 0 heterocycles. The monoisotopic (exact) mass is 300 g/mol. The van der Waals surface area contributed by atoms with Gasteiger partial charge >= 0.3 is 55.1 Å². The first kappa shape index (κ1) is 15.7. The molecule has 0 N–H and O–H groups in total. The molecule has 0 saturated heterocycles. The van der Waals surface area contributed by atoms with E-state index in [1.165, 1.54) is 0 Å². The van der Waals surface area contributed by atoms with E-state index in [-0.39, 0.29) is 17.1 Å². The van der Waals surface area contributed by atoms with E-state index in [0.717, 1.165) is 36.7 Å². The Morgan fingerprint density at radius 1 is 1.29 bits per heavy atom. The number of hydrogen-bond donors (Lipinski definition) is 0. The molecule has 0 aromatic carbocycles. The molecule has 0 radical (unpaired) electrons. The molecular formula is CuNO4Tb. The summed E-state index contributed by atoms with van der Waals surface area (Å²) in [6.07, 6.45) is 0. The van der Waals surface area contributed by atoms with Crippen molar-refractivity contribution >= 4 is 0 Å². The van der Waals surface area contributed by atoms with Crippen LogP contribution < -0.4 is 0 Å². The van der Waals surface area contributed by atoms with E-state index in [9.17, 15) is 0 Å². The molecular weight excluding hydrogens is 300 g/mol. The van der Waals surface area contributed by atoms with Crippen molar-refractivity contribution in [2.24, 2.45) is 0 Å². The van der Waals surface area contributed by atoms with Crippen molar-refractivity contribution < 1.29 is 60.2 Å². The average Bonchev–Trinajstić information content (AvgIpc) is 1.41. The van der Waals surface area contributed by atoms with Gasteiger partial charge in [-0.3, -0.25) is 0 Å². The van der Waals surface area contributed by atoms with Crippen LogP contribution in [0.15, 0.2) is 0 Å².